The molecule has 1 atom stereocenters. The monoisotopic (exact) mass is 464 g/mol. The number of rotatable bonds is 5. The molecule has 1 fully saturated rings. The fourth-order valence-electron chi connectivity index (χ4n) is 4.16. The van der Waals surface area contributed by atoms with E-state index in [1.54, 1.807) is 16.2 Å². The Morgan fingerprint density at radius 1 is 0.824 bits per heavy atom. The van der Waals surface area contributed by atoms with Gasteiger partial charge in [-0.1, -0.05) is 78.0 Å². The van der Waals surface area contributed by atoms with Gasteiger partial charge in [0.2, 0.25) is 17.6 Å². The van der Waals surface area contributed by atoms with Gasteiger partial charge in [0.25, 0.3) is 0 Å². The van der Waals surface area contributed by atoms with Crippen LogP contribution in [0.2, 0.25) is 0 Å². The summed E-state index contributed by atoms with van der Waals surface area (Å²) in [4.78, 5) is 23.7. The van der Waals surface area contributed by atoms with Gasteiger partial charge >= 0.3 is 0 Å². The predicted molar refractivity (Wildman–Crippen MR) is 132 cm³/mol. The van der Waals surface area contributed by atoms with Crippen molar-refractivity contribution >= 4 is 22.9 Å². The van der Waals surface area contributed by atoms with Crippen molar-refractivity contribution in [3.05, 3.63) is 96.2 Å². The first-order chi connectivity index (χ1) is 16.7. The van der Waals surface area contributed by atoms with Gasteiger partial charge in [-0.05, 0) is 12.1 Å². The van der Waals surface area contributed by atoms with Crippen LogP contribution in [-0.4, -0.2) is 27.6 Å². The minimum Gasteiger partial charge on any atom is -0.339 e. The van der Waals surface area contributed by atoms with Gasteiger partial charge < -0.3 is 9.42 Å². The normalized spacial score (nSPS) is 15.7. The molecule has 6 rings (SSSR count). The second-order valence-corrected chi connectivity index (χ2v) is 9.04. The van der Waals surface area contributed by atoms with Crippen LogP contribution in [0.3, 0.4) is 0 Å². The lowest BCUT2D eigenvalue weighted by atomic mass is 10.1. The lowest BCUT2D eigenvalue weighted by Gasteiger charge is -2.15. The van der Waals surface area contributed by atoms with Crippen LogP contribution in [0.25, 0.3) is 33.2 Å². The van der Waals surface area contributed by atoms with Gasteiger partial charge in [-0.15, -0.1) is 11.3 Å². The van der Waals surface area contributed by atoms with Gasteiger partial charge in [-0.2, -0.15) is 4.98 Å². The molecule has 1 amide bonds. The molecule has 1 aliphatic heterocycles. The van der Waals surface area contributed by atoms with Crippen molar-refractivity contribution in [2.45, 2.75) is 12.3 Å². The Labute approximate surface area is 200 Å². The lowest BCUT2D eigenvalue weighted by molar-refractivity contribution is -0.117. The largest absolute Gasteiger partial charge is 0.339 e. The fraction of sp³-hybridized carbons (Fsp3) is 0.111. The molecule has 0 radical (unpaired) electrons. The number of carbonyl (C=O) groups is 1. The predicted octanol–water partition coefficient (Wildman–Crippen LogP) is 6.05. The minimum atomic E-state index is -0.111. The standard InChI is InChI=1S/C27H20N4O2S/c32-24-15-21(16-31(24)22-9-5-2-6-10-22)26-29-25(30-33-26)19-13-11-18(12-14-19)23-17-34-27(28-23)20-7-3-1-4-8-20/h1-14,17,21H,15-16H2/t21-/m1/s1. The number of benzene rings is 3. The van der Waals surface area contributed by atoms with Crippen LogP contribution >= 0.6 is 11.3 Å². The van der Waals surface area contributed by atoms with Gasteiger partial charge in [-0.25, -0.2) is 4.98 Å². The van der Waals surface area contributed by atoms with Crippen LogP contribution in [0.4, 0.5) is 5.69 Å². The number of aromatic nitrogens is 3. The second kappa shape index (κ2) is 8.68. The third-order valence-electron chi connectivity index (χ3n) is 5.95. The third-order valence-corrected chi connectivity index (χ3v) is 6.84. The zero-order valence-corrected chi connectivity index (χ0v) is 19.0. The molecular weight excluding hydrogens is 444 g/mol. The maximum atomic E-state index is 12.5. The molecule has 0 aliphatic carbocycles. The van der Waals surface area contributed by atoms with Crippen molar-refractivity contribution in [2.24, 2.45) is 0 Å². The summed E-state index contributed by atoms with van der Waals surface area (Å²) in [6.45, 7) is 0.539. The number of amides is 1. The SMILES string of the molecule is O=C1C[C@@H](c2nc(-c3ccc(-c4csc(-c5ccccc5)n4)cc3)no2)CN1c1ccccc1. The van der Waals surface area contributed by atoms with Crippen molar-refractivity contribution < 1.29 is 9.32 Å². The van der Waals surface area contributed by atoms with E-state index in [-0.39, 0.29) is 11.8 Å². The molecule has 2 aromatic heterocycles. The first kappa shape index (κ1) is 20.5. The van der Waals surface area contributed by atoms with Crippen molar-refractivity contribution in [1.29, 1.82) is 0 Å². The average Bonchev–Trinajstić information content (AvgIpc) is 3.65. The van der Waals surface area contributed by atoms with Crippen LogP contribution in [0.15, 0.2) is 94.8 Å². The lowest BCUT2D eigenvalue weighted by Crippen LogP contribution is -2.24. The molecule has 1 saturated heterocycles. The molecule has 0 N–H and O–H groups in total. The number of hydrogen-bond donors (Lipinski definition) is 0. The van der Waals surface area contributed by atoms with Crippen LogP contribution < -0.4 is 4.90 Å². The third kappa shape index (κ3) is 3.91. The van der Waals surface area contributed by atoms with E-state index in [1.165, 1.54) is 0 Å². The van der Waals surface area contributed by atoms with E-state index < -0.39 is 0 Å². The van der Waals surface area contributed by atoms with Gasteiger partial charge in [0.15, 0.2) is 0 Å². The Morgan fingerprint density at radius 2 is 1.53 bits per heavy atom. The highest BCUT2D eigenvalue weighted by Gasteiger charge is 2.35. The Morgan fingerprint density at radius 3 is 2.29 bits per heavy atom. The first-order valence-electron chi connectivity index (χ1n) is 11.1. The second-order valence-electron chi connectivity index (χ2n) is 8.18. The number of para-hydroxylation sites is 1. The molecule has 3 heterocycles. The Hall–Kier alpha value is -4.10. The molecular formula is C27H20N4O2S. The molecule has 6 nitrogen and oxygen atoms in total. The topological polar surface area (TPSA) is 72.1 Å². The number of carbonyl (C=O) groups excluding carboxylic acids is 1. The molecule has 0 spiro atoms. The number of anilines is 1. The van der Waals surface area contributed by atoms with Gasteiger partial charge in [-0.3, -0.25) is 4.79 Å². The number of nitrogens with zero attached hydrogens (tertiary/aromatic N) is 4. The Kier molecular flexibility index (Phi) is 5.24. The summed E-state index contributed by atoms with van der Waals surface area (Å²) < 4.78 is 5.55. The molecule has 166 valence electrons. The average molecular weight is 465 g/mol. The molecule has 5 aromatic rings. The summed E-state index contributed by atoms with van der Waals surface area (Å²) in [6, 6.07) is 27.8. The van der Waals surface area contributed by atoms with Crippen LogP contribution in [0, 0.1) is 0 Å². The highest BCUT2D eigenvalue weighted by atomic mass is 32.1. The molecule has 34 heavy (non-hydrogen) atoms. The minimum absolute atomic E-state index is 0.0680. The van der Waals surface area contributed by atoms with Crippen molar-refractivity contribution in [3.63, 3.8) is 0 Å². The van der Waals surface area contributed by atoms with E-state index in [2.05, 4.69) is 27.7 Å². The van der Waals surface area contributed by atoms with E-state index in [0.29, 0.717) is 24.7 Å². The maximum absolute atomic E-state index is 12.5. The van der Waals surface area contributed by atoms with Crippen molar-refractivity contribution in [1.82, 2.24) is 15.1 Å². The Bertz CT molecular complexity index is 1430. The highest BCUT2D eigenvalue weighted by molar-refractivity contribution is 7.13. The number of thiazole rings is 1. The smallest absolute Gasteiger partial charge is 0.232 e. The van der Waals surface area contributed by atoms with Crippen LogP contribution in [-0.2, 0) is 4.79 Å². The van der Waals surface area contributed by atoms with Crippen LogP contribution in [0.5, 0.6) is 0 Å². The van der Waals surface area contributed by atoms with Gasteiger partial charge in [0, 0.05) is 40.7 Å². The quantitative estimate of drug-likeness (QED) is 0.317. The molecule has 0 unspecified atom stereocenters. The van der Waals surface area contributed by atoms with Crippen molar-refractivity contribution in [2.75, 3.05) is 11.4 Å². The van der Waals surface area contributed by atoms with E-state index in [4.69, 9.17) is 9.51 Å². The summed E-state index contributed by atoms with van der Waals surface area (Å²) >= 11 is 1.63. The van der Waals surface area contributed by atoms with E-state index in [0.717, 1.165) is 33.1 Å². The molecule has 0 bridgehead atoms. The number of hydrogen-bond acceptors (Lipinski definition) is 6. The van der Waals surface area contributed by atoms with E-state index in [1.807, 2.05) is 72.8 Å². The summed E-state index contributed by atoms with van der Waals surface area (Å²) in [5.41, 5.74) is 4.84. The van der Waals surface area contributed by atoms with Gasteiger partial charge in [0.1, 0.15) is 5.01 Å². The summed E-state index contributed by atoms with van der Waals surface area (Å²) in [7, 11) is 0. The summed E-state index contributed by atoms with van der Waals surface area (Å²) in [5.74, 6) is 0.978. The van der Waals surface area contributed by atoms with Crippen molar-refractivity contribution in [3.8, 4) is 33.2 Å². The first-order valence-corrected chi connectivity index (χ1v) is 11.9. The molecule has 1 aliphatic rings. The molecule has 3 aromatic carbocycles. The maximum Gasteiger partial charge on any atom is 0.232 e. The Balaban J connectivity index is 1.18. The summed E-state index contributed by atoms with van der Waals surface area (Å²) in [5, 5.41) is 7.24. The van der Waals surface area contributed by atoms with E-state index >= 15 is 0 Å². The summed E-state index contributed by atoms with van der Waals surface area (Å²) in [6.07, 6.45) is 0.364. The molecule has 7 heteroatoms. The fourth-order valence-corrected chi connectivity index (χ4v) is 4.99. The highest BCUT2D eigenvalue weighted by Crippen LogP contribution is 2.33. The molecule has 0 saturated carbocycles. The zero-order chi connectivity index (χ0) is 22.9. The van der Waals surface area contributed by atoms with E-state index in [9.17, 15) is 4.79 Å². The van der Waals surface area contributed by atoms with Gasteiger partial charge in [0.05, 0.1) is 11.6 Å². The van der Waals surface area contributed by atoms with Crippen LogP contribution in [0.1, 0.15) is 18.2 Å². The zero-order valence-electron chi connectivity index (χ0n) is 18.2.